The Bertz CT molecular complexity index is 1040. The van der Waals surface area contributed by atoms with Crippen LogP contribution in [0.15, 0.2) is 48.5 Å². The van der Waals surface area contributed by atoms with E-state index in [-0.39, 0.29) is 18.2 Å². The average molecular weight is 449 g/mol. The quantitative estimate of drug-likeness (QED) is 0.667. The van der Waals surface area contributed by atoms with Gasteiger partial charge in [-0.15, -0.1) is 0 Å². The summed E-state index contributed by atoms with van der Waals surface area (Å²) in [5.74, 6) is -0.218. The molecule has 0 spiro atoms. The van der Waals surface area contributed by atoms with Gasteiger partial charge in [0.25, 0.3) is 0 Å². The standard InChI is InChI=1S/C23H29FN2O4S/c1-4-23(5-2)14-20(18-11-7-9-13-21(18)30-23)25-22(27)16-26(31(3,28)29)15-17-10-6-8-12-19(17)24/h6-13,20H,4-5,14-16H2,1-3H3,(H,25,27). The summed E-state index contributed by atoms with van der Waals surface area (Å²) in [6.45, 7) is 3.50. The molecule has 3 rings (SSSR count). The van der Waals surface area contributed by atoms with Gasteiger partial charge in [0.2, 0.25) is 15.9 Å². The lowest BCUT2D eigenvalue weighted by Crippen LogP contribution is -2.47. The number of benzene rings is 2. The number of fused-ring (bicyclic) bond motifs is 1. The van der Waals surface area contributed by atoms with Crippen LogP contribution in [0.2, 0.25) is 0 Å². The number of nitrogens with one attached hydrogen (secondary N) is 1. The van der Waals surface area contributed by atoms with Crippen LogP contribution in [0.1, 0.15) is 50.3 Å². The largest absolute Gasteiger partial charge is 0.487 e. The Balaban J connectivity index is 1.79. The second-order valence-electron chi connectivity index (χ2n) is 7.98. The minimum atomic E-state index is -3.73. The molecule has 0 fully saturated rings. The summed E-state index contributed by atoms with van der Waals surface area (Å²) in [6.07, 6.45) is 3.18. The van der Waals surface area contributed by atoms with Crippen LogP contribution in [-0.4, -0.2) is 37.0 Å². The molecule has 0 saturated carbocycles. The molecule has 2 aromatic rings. The number of hydrogen-bond acceptors (Lipinski definition) is 4. The summed E-state index contributed by atoms with van der Waals surface area (Å²) in [4.78, 5) is 12.9. The summed E-state index contributed by atoms with van der Waals surface area (Å²) in [6, 6.07) is 13.2. The lowest BCUT2D eigenvalue weighted by Gasteiger charge is -2.41. The molecule has 6 nitrogen and oxygen atoms in total. The van der Waals surface area contributed by atoms with Gasteiger partial charge in [-0.3, -0.25) is 4.79 Å². The van der Waals surface area contributed by atoms with E-state index in [0.29, 0.717) is 6.42 Å². The van der Waals surface area contributed by atoms with Crippen LogP contribution in [-0.2, 0) is 21.4 Å². The molecule has 1 amide bonds. The lowest BCUT2D eigenvalue weighted by molar-refractivity contribution is -0.122. The molecule has 0 bridgehead atoms. The van der Waals surface area contributed by atoms with E-state index < -0.39 is 33.9 Å². The number of para-hydroxylation sites is 1. The first-order valence-electron chi connectivity index (χ1n) is 10.4. The van der Waals surface area contributed by atoms with Gasteiger partial charge < -0.3 is 10.1 Å². The molecule has 0 saturated heterocycles. The van der Waals surface area contributed by atoms with Crippen molar-refractivity contribution < 1.29 is 22.3 Å². The van der Waals surface area contributed by atoms with E-state index in [1.54, 1.807) is 6.07 Å². The monoisotopic (exact) mass is 448 g/mol. The van der Waals surface area contributed by atoms with Gasteiger partial charge in [-0.1, -0.05) is 50.2 Å². The van der Waals surface area contributed by atoms with Gasteiger partial charge in [0, 0.05) is 24.1 Å². The number of amides is 1. The Morgan fingerprint density at radius 2 is 1.81 bits per heavy atom. The third-order valence-corrected chi connectivity index (χ3v) is 7.11. The Morgan fingerprint density at radius 1 is 1.16 bits per heavy atom. The van der Waals surface area contributed by atoms with Crippen LogP contribution in [0.5, 0.6) is 5.75 Å². The van der Waals surface area contributed by atoms with E-state index in [0.717, 1.165) is 34.7 Å². The maximum atomic E-state index is 14.0. The number of hydrogen-bond donors (Lipinski definition) is 1. The summed E-state index contributed by atoms with van der Waals surface area (Å²) >= 11 is 0. The van der Waals surface area contributed by atoms with Crippen LogP contribution in [0.25, 0.3) is 0 Å². The maximum Gasteiger partial charge on any atom is 0.235 e. The van der Waals surface area contributed by atoms with Crippen LogP contribution in [0.3, 0.4) is 0 Å². The highest BCUT2D eigenvalue weighted by Gasteiger charge is 2.39. The first-order valence-corrected chi connectivity index (χ1v) is 12.3. The number of sulfonamides is 1. The van der Waals surface area contributed by atoms with Crippen LogP contribution in [0.4, 0.5) is 4.39 Å². The number of carbonyl (C=O) groups is 1. The van der Waals surface area contributed by atoms with Gasteiger partial charge in [-0.25, -0.2) is 12.8 Å². The van der Waals surface area contributed by atoms with Crippen molar-refractivity contribution in [2.75, 3.05) is 12.8 Å². The van der Waals surface area contributed by atoms with Crippen LogP contribution >= 0.6 is 0 Å². The summed E-state index contributed by atoms with van der Waals surface area (Å²) in [5.41, 5.74) is 0.692. The van der Waals surface area contributed by atoms with Crippen molar-refractivity contribution in [1.29, 1.82) is 0 Å². The Labute approximate surface area is 183 Å². The van der Waals surface area contributed by atoms with E-state index in [9.17, 15) is 17.6 Å². The zero-order valence-electron chi connectivity index (χ0n) is 18.1. The zero-order valence-corrected chi connectivity index (χ0v) is 18.9. The Morgan fingerprint density at radius 3 is 2.45 bits per heavy atom. The molecule has 8 heteroatoms. The zero-order chi connectivity index (χ0) is 22.6. The van der Waals surface area contributed by atoms with Crippen molar-refractivity contribution in [3.8, 4) is 5.75 Å². The SMILES string of the molecule is CCC1(CC)CC(NC(=O)CN(Cc2ccccc2F)S(C)(=O)=O)c2ccccc2O1. The molecule has 1 N–H and O–H groups in total. The second-order valence-corrected chi connectivity index (χ2v) is 9.96. The third kappa shape index (κ3) is 5.43. The Kier molecular flexibility index (Phi) is 7.01. The molecule has 1 aliphatic rings. The highest BCUT2D eigenvalue weighted by atomic mass is 32.2. The molecule has 1 heterocycles. The third-order valence-electron chi connectivity index (χ3n) is 5.91. The van der Waals surface area contributed by atoms with Crippen molar-refractivity contribution >= 4 is 15.9 Å². The number of ether oxygens (including phenoxy) is 1. The molecule has 1 atom stereocenters. The van der Waals surface area contributed by atoms with E-state index in [1.165, 1.54) is 18.2 Å². The molecule has 2 aromatic carbocycles. The van der Waals surface area contributed by atoms with Crippen LogP contribution in [0, 0.1) is 5.82 Å². The van der Waals surface area contributed by atoms with Crippen molar-refractivity contribution in [3.63, 3.8) is 0 Å². The first kappa shape index (κ1) is 23.2. The fourth-order valence-corrected chi connectivity index (χ4v) is 4.66. The average Bonchev–Trinajstić information content (AvgIpc) is 2.74. The minimum Gasteiger partial charge on any atom is -0.487 e. The van der Waals surface area contributed by atoms with E-state index in [2.05, 4.69) is 19.2 Å². The summed E-state index contributed by atoms with van der Waals surface area (Å²) in [7, 11) is -3.73. The first-order chi connectivity index (χ1) is 14.7. The molecule has 1 aliphatic heterocycles. The predicted molar refractivity (Wildman–Crippen MR) is 118 cm³/mol. The molecule has 0 radical (unpaired) electrons. The fraction of sp³-hybridized carbons (Fsp3) is 0.435. The van der Waals surface area contributed by atoms with Crippen molar-refractivity contribution in [3.05, 3.63) is 65.5 Å². The number of rotatable bonds is 8. The fourth-order valence-electron chi connectivity index (χ4n) is 3.94. The smallest absolute Gasteiger partial charge is 0.235 e. The van der Waals surface area contributed by atoms with Crippen molar-refractivity contribution in [2.45, 2.75) is 51.3 Å². The molecular formula is C23H29FN2O4S. The molecule has 31 heavy (non-hydrogen) atoms. The summed E-state index contributed by atoms with van der Waals surface area (Å²) < 4.78 is 45.8. The van der Waals surface area contributed by atoms with Gasteiger partial charge in [0.1, 0.15) is 17.2 Å². The molecular weight excluding hydrogens is 419 g/mol. The normalized spacial score (nSPS) is 17.6. The number of carbonyl (C=O) groups excluding carboxylic acids is 1. The molecule has 168 valence electrons. The highest BCUT2D eigenvalue weighted by Crippen LogP contribution is 2.42. The van der Waals surface area contributed by atoms with Crippen molar-refractivity contribution in [2.24, 2.45) is 0 Å². The van der Waals surface area contributed by atoms with Gasteiger partial charge in [-0.2, -0.15) is 4.31 Å². The number of nitrogens with zero attached hydrogens (tertiary/aromatic N) is 1. The minimum absolute atomic E-state index is 0.211. The summed E-state index contributed by atoms with van der Waals surface area (Å²) in [5, 5.41) is 2.98. The predicted octanol–water partition coefficient (Wildman–Crippen LogP) is 3.79. The van der Waals surface area contributed by atoms with Crippen LogP contribution < -0.4 is 10.1 Å². The van der Waals surface area contributed by atoms with Gasteiger partial charge >= 0.3 is 0 Å². The maximum absolute atomic E-state index is 14.0. The van der Waals surface area contributed by atoms with E-state index in [1.807, 2.05) is 24.3 Å². The lowest BCUT2D eigenvalue weighted by atomic mass is 9.83. The van der Waals surface area contributed by atoms with Crippen molar-refractivity contribution in [1.82, 2.24) is 9.62 Å². The van der Waals surface area contributed by atoms with E-state index in [4.69, 9.17) is 4.74 Å². The highest BCUT2D eigenvalue weighted by molar-refractivity contribution is 7.88. The van der Waals surface area contributed by atoms with Gasteiger partial charge in [0.15, 0.2) is 0 Å². The molecule has 1 unspecified atom stereocenters. The van der Waals surface area contributed by atoms with E-state index >= 15 is 0 Å². The Hall–Kier alpha value is -2.45. The number of halogens is 1. The second kappa shape index (κ2) is 9.36. The topological polar surface area (TPSA) is 75.7 Å². The molecule has 0 aliphatic carbocycles. The van der Waals surface area contributed by atoms with Gasteiger partial charge in [0.05, 0.1) is 18.8 Å². The van der Waals surface area contributed by atoms with Gasteiger partial charge in [-0.05, 0) is 25.0 Å². The molecule has 0 aromatic heterocycles.